The van der Waals surface area contributed by atoms with Crippen molar-refractivity contribution < 1.29 is 9.47 Å². The fraction of sp³-hybridized carbons (Fsp3) is 0.625. The first-order chi connectivity index (χ1) is 9.78. The Morgan fingerprint density at radius 1 is 1.30 bits per heavy atom. The van der Waals surface area contributed by atoms with Gasteiger partial charge in [-0.15, -0.1) is 0 Å². The quantitative estimate of drug-likeness (QED) is 0.753. The molecule has 1 aromatic rings. The Morgan fingerprint density at radius 2 is 2.20 bits per heavy atom. The maximum absolute atomic E-state index is 5.62. The molecule has 20 heavy (non-hydrogen) atoms. The Balaban J connectivity index is 1.78. The van der Waals surface area contributed by atoms with Crippen molar-refractivity contribution in [1.82, 2.24) is 5.32 Å². The monoisotopic (exact) mass is 278 g/mol. The fourth-order valence-electron chi connectivity index (χ4n) is 2.58. The van der Waals surface area contributed by atoms with Gasteiger partial charge < -0.3 is 20.1 Å². The molecule has 2 N–H and O–H groups in total. The molecule has 112 valence electrons. The van der Waals surface area contributed by atoms with Crippen LogP contribution in [0.5, 0.6) is 5.75 Å². The van der Waals surface area contributed by atoms with Crippen LogP contribution in [0.25, 0.3) is 0 Å². The summed E-state index contributed by atoms with van der Waals surface area (Å²) in [6.07, 6.45) is 3.86. The summed E-state index contributed by atoms with van der Waals surface area (Å²) in [7, 11) is 1.68. The van der Waals surface area contributed by atoms with Crippen molar-refractivity contribution in [2.24, 2.45) is 0 Å². The van der Waals surface area contributed by atoms with E-state index < -0.39 is 0 Å². The first-order valence-corrected chi connectivity index (χ1v) is 7.49. The van der Waals surface area contributed by atoms with Gasteiger partial charge in [-0.25, -0.2) is 0 Å². The van der Waals surface area contributed by atoms with E-state index in [0.717, 1.165) is 18.0 Å². The van der Waals surface area contributed by atoms with Crippen LogP contribution in [0.2, 0.25) is 0 Å². The van der Waals surface area contributed by atoms with Crippen molar-refractivity contribution in [2.45, 2.75) is 38.3 Å². The average molecular weight is 278 g/mol. The fourth-order valence-corrected chi connectivity index (χ4v) is 2.58. The van der Waals surface area contributed by atoms with E-state index in [9.17, 15) is 0 Å². The Labute approximate surface area is 121 Å². The summed E-state index contributed by atoms with van der Waals surface area (Å²) >= 11 is 0. The van der Waals surface area contributed by atoms with Crippen LogP contribution in [0, 0.1) is 0 Å². The lowest BCUT2D eigenvalue weighted by atomic mass is 9.99. The number of hydrogen-bond donors (Lipinski definition) is 2. The van der Waals surface area contributed by atoms with Crippen molar-refractivity contribution in [1.29, 1.82) is 0 Å². The lowest BCUT2D eigenvalue weighted by molar-refractivity contribution is 0.146. The van der Waals surface area contributed by atoms with Gasteiger partial charge in [0.15, 0.2) is 0 Å². The number of ether oxygens (including phenoxy) is 2. The first-order valence-electron chi connectivity index (χ1n) is 7.49. The zero-order valence-corrected chi connectivity index (χ0v) is 12.5. The Hall–Kier alpha value is -1.26. The highest BCUT2D eigenvalue weighted by Gasteiger charge is 2.17. The number of benzene rings is 1. The van der Waals surface area contributed by atoms with E-state index in [-0.39, 0.29) is 0 Å². The third kappa shape index (κ3) is 5.02. The normalized spacial score (nSPS) is 22.5. The van der Waals surface area contributed by atoms with Gasteiger partial charge in [0, 0.05) is 37.5 Å². The molecular weight excluding hydrogens is 252 g/mol. The van der Waals surface area contributed by atoms with E-state index in [0.29, 0.717) is 25.3 Å². The topological polar surface area (TPSA) is 42.5 Å². The summed E-state index contributed by atoms with van der Waals surface area (Å²) in [4.78, 5) is 0. The minimum Gasteiger partial charge on any atom is -0.491 e. The second kappa shape index (κ2) is 8.12. The van der Waals surface area contributed by atoms with Gasteiger partial charge in [-0.3, -0.25) is 0 Å². The average Bonchev–Trinajstić information content (AvgIpc) is 2.46. The summed E-state index contributed by atoms with van der Waals surface area (Å²) in [6.45, 7) is 4.42. The minimum absolute atomic E-state index is 0.566. The summed E-state index contributed by atoms with van der Waals surface area (Å²) in [6, 6.07) is 9.32. The molecule has 1 fully saturated rings. The third-order valence-corrected chi connectivity index (χ3v) is 3.65. The zero-order chi connectivity index (χ0) is 14.2. The maximum Gasteiger partial charge on any atom is 0.121 e. The number of methoxy groups -OCH3 is 1. The van der Waals surface area contributed by atoms with Crippen molar-refractivity contribution in [3.63, 3.8) is 0 Å². The highest BCUT2D eigenvalue weighted by molar-refractivity contribution is 5.48. The molecule has 1 heterocycles. The van der Waals surface area contributed by atoms with Crippen LogP contribution in [-0.2, 0) is 4.74 Å². The molecule has 0 radical (unpaired) electrons. The molecule has 4 heteroatoms. The number of piperidine rings is 1. The highest BCUT2D eigenvalue weighted by atomic mass is 16.5. The van der Waals surface area contributed by atoms with Crippen LogP contribution >= 0.6 is 0 Å². The van der Waals surface area contributed by atoms with E-state index in [2.05, 4.69) is 23.6 Å². The number of hydrogen-bond acceptors (Lipinski definition) is 4. The summed E-state index contributed by atoms with van der Waals surface area (Å²) in [5, 5.41) is 7.12. The first kappa shape index (κ1) is 15.1. The second-order valence-corrected chi connectivity index (χ2v) is 5.45. The van der Waals surface area contributed by atoms with Gasteiger partial charge in [0.05, 0.1) is 6.61 Å². The molecule has 2 rings (SSSR count). The minimum atomic E-state index is 0.566. The molecule has 0 aliphatic carbocycles. The predicted octanol–water partition coefficient (Wildman–Crippen LogP) is 2.65. The number of rotatable bonds is 7. The lowest BCUT2D eigenvalue weighted by Gasteiger charge is -2.29. The Kier molecular flexibility index (Phi) is 6.15. The Morgan fingerprint density at radius 3 is 3.00 bits per heavy atom. The van der Waals surface area contributed by atoms with Crippen LogP contribution in [0.1, 0.15) is 26.2 Å². The standard InChI is InChI=1S/C16H26N2O2/c1-13-5-3-7-15(18-13)12-17-14-6-4-8-16(11-14)20-10-9-19-2/h4,6,8,11,13,15,17-18H,3,5,7,9-10,12H2,1-2H3. The molecule has 0 spiro atoms. The summed E-state index contributed by atoms with van der Waals surface area (Å²) in [5.41, 5.74) is 1.11. The molecule has 2 unspecified atom stereocenters. The van der Waals surface area contributed by atoms with E-state index in [1.165, 1.54) is 19.3 Å². The van der Waals surface area contributed by atoms with Gasteiger partial charge in [0.25, 0.3) is 0 Å². The molecular formula is C16H26N2O2. The van der Waals surface area contributed by atoms with Gasteiger partial charge in [-0.05, 0) is 31.9 Å². The van der Waals surface area contributed by atoms with Crippen LogP contribution in [0.3, 0.4) is 0 Å². The third-order valence-electron chi connectivity index (χ3n) is 3.65. The van der Waals surface area contributed by atoms with Gasteiger partial charge in [0.1, 0.15) is 12.4 Å². The molecule has 0 aromatic heterocycles. The van der Waals surface area contributed by atoms with E-state index in [1.54, 1.807) is 7.11 Å². The van der Waals surface area contributed by atoms with Crippen LogP contribution in [-0.4, -0.2) is 39.0 Å². The van der Waals surface area contributed by atoms with Crippen molar-refractivity contribution >= 4 is 5.69 Å². The van der Waals surface area contributed by atoms with Crippen molar-refractivity contribution in [2.75, 3.05) is 32.2 Å². The molecule has 1 aliphatic rings. The number of nitrogens with one attached hydrogen (secondary N) is 2. The van der Waals surface area contributed by atoms with E-state index >= 15 is 0 Å². The van der Waals surface area contributed by atoms with Gasteiger partial charge in [-0.2, -0.15) is 0 Å². The molecule has 1 aliphatic heterocycles. The predicted molar refractivity (Wildman–Crippen MR) is 82.5 cm³/mol. The molecule has 0 amide bonds. The van der Waals surface area contributed by atoms with Gasteiger partial charge in [-0.1, -0.05) is 12.5 Å². The van der Waals surface area contributed by atoms with E-state index in [4.69, 9.17) is 9.47 Å². The second-order valence-electron chi connectivity index (χ2n) is 5.45. The maximum atomic E-state index is 5.62. The molecule has 4 nitrogen and oxygen atoms in total. The highest BCUT2D eigenvalue weighted by Crippen LogP contribution is 2.18. The lowest BCUT2D eigenvalue weighted by Crippen LogP contribution is -2.44. The van der Waals surface area contributed by atoms with Crippen molar-refractivity contribution in [3.05, 3.63) is 24.3 Å². The molecule has 0 bridgehead atoms. The van der Waals surface area contributed by atoms with Crippen molar-refractivity contribution in [3.8, 4) is 5.75 Å². The van der Waals surface area contributed by atoms with Crippen LogP contribution in [0.15, 0.2) is 24.3 Å². The van der Waals surface area contributed by atoms with Crippen LogP contribution in [0.4, 0.5) is 5.69 Å². The summed E-state index contributed by atoms with van der Waals surface area (Å²) in [5.74, 6) is 0.886. The van der Waals surface area contributed by atoms with E-state index in [1.807, 2.05) is 18.2 Å². The molecule has 1 aromatic carbocycles. The largest absolute Gasteiger partial charge is 0.491 e. The molecule has 2 atom stereocenters. The smallest absolute Gasteiger partial charge is 0.121 e. The number of anilines is 1. The van der Waals surface area contributed by atoms with Gasteiger partial charge >= 0.3 is 0 Å². The summed E-state index contributed by atoms with van der Waals surface area (Å²) < 4.78 is 10.6. The van der Waals surface area contributed by atoms with Crippen LogP contribution < -0.4 is 15.4 Å². The zero-order valence-electron chi connectivity index (χ0n) is 12.5. The Bertz CT molecular complexity index is 398. The molecule has 1 saturated heterocycles. The molecule has 0 saturated carbocycles. The van der Waals surface area contributed by atoms with Gasteiger partial charge in [0.2, 0.25) is 0 Å². The SMILES string of the molecule is COCCOc1cccc(NCC2CCCC(C)N2)c1.